The van der Waals surface area contributed by atoms with Gasteiger partial charge in [-0.3, -0.25) is 14.4 Å². The zero-order valence-corrected chi connectivity index (χ0v) is 14.2. The third-order valence-corrected chi connectivity index (χ3v) is 3.92. The normalized spacial score (nSPS) is 20.4. The summed E-state index contributed by atoms with van der Waals surface area (Å²) in [6.07, 6.45) is 1.31. The van der Waals surface area contributed by atoms with Gasteiger partial charge in [0.05, 0.1) is 0 Å². The Labute approximate surface area is 132 Å². The predicted octanol–water partition coefficient (Wildman–Crippen LogP) is -0.254. The van der Waals surface area contributed by atoms with Crippen LogP contribution in [-0.2, 0) is 14.4 Å². The Balaban J connectivity index is 2.73. The molecule has 7 heteroatoms. The van der Waals surface area contributed by atoms with Crippen molar-refractivity contribution in [2.24, 2.45) is 5.73 Å². The van der Waals surface area contributed by atoms with E-state index in [-0.39, 0.29) is 18.5 Å². The predicted molar refractivity (Wildman–Crippen MR) is 83.9 cm³/mol. The van der Waals surface area contributed by atoms with Crippen molar-refractivity contribution in [1.82, 2.24) is 15.5 Å². The number of nitrogens with one attached hydrogen (secondary N) is 2. The van der Waals surface area contributed by atoms with E-state index < -0.39 is 22.9 Å². The van der Waals surface area contributed by atoms with Crippen molar-refractivity contribution in [3.8, 4) is 0 Å². The third-order valence-electron chi connectivity index (χ3n) is 3.92. The number of nitrogens with zero attached hydrogens (tertiary/aromatic N) is 1. The van der Waals surface area contributed by atoms with Gasteiger partial charge >= 0.3 is 11.8 Å². The second-order valence-electron chi connectivity index (χ2n) is 7.17. The summed E-state index contributed by atoms with van der Waals surface area (Å²) >= 11 is 0. The molecule has 0 unspecified atom stereocenters. The van der Waals surface area contributed by atoms with Gasteiger partial charge in [-0.15, -0.1) is 0 Å². The average molecular weight is 312 g/mol. The molecule has 7 nitrogen and oxygen atoms in total. The van der Waals surface area contributed by atoms with Gasteiger partial charge in [0.1, 0.15) is 0 Å². The van der Waals surface area contributed by atoms with Crippen LogP contribution in [0.1, 0.15) is 47.5 Å². The molecule has 0 spiro atoms. The molecule has 126 valence electrons. The second-order valence-corrected chi connectivity index (χ2v) is 7.17. The van der Waals surface area contributed by atoms with Gasteiger partial charge in [0.25, 0.3) is 0 Å². The Morgan fingerprint density at radius 3 is 1.95 bits per heavy atom. The Bertz CT molecular complexity index is 442. The van der Waals surface area contributed by atoms with Gasteiger partial charge in [0, 0.05) is 37.1 Å². The molecular weight excluding hydrogens is 284 g/mol. The van der Waals surface area contributed by atoms with E-state index in [1.54, 1.807) is 4.90 Å². The van der Waals surface area contributed by atoms with Gasteiger partial charge in [0.15, 0.2) is 0 Å². The average Bonchev–Trinajstić information content (AvgIpc) is 2.30. The summed E-state index contributed by atoms with van der Waals surface area (Å²) in [6.45, 7) is 9.62. The molecule has 0 radical (unpaired) electrons. The van der Waals surface area contributed by atoms with Crippen LogP contribution in [0.5, 0.6) is 0 Å². The van der Waals surface area contributed by atoms with Crippen molar-refractivity contribution in [1.29, 1.82) is 0 Å². The molecule has 1 heterocycles. The van der Waals surface area contributed by atoms with Crippen LogP contribution in [0.25, 0.3) is 0 Å². The third kappa shape index (κ3) is 4.43. The number of likely N-dealkylation sites (tertiary alicyclic amines) is 1. The van der Waals surface area contributed by atoms with Crippen LogP contribution in [0.3, 0.4) is 0 Å². The number of carbonyl (C=O) groups excluding carboxylic acids is 3. The molecule has 0 aromatic heterocycles. The lowest BCUT2D eigenvalue weighted by atomic mass is 9.77. The lowest BCUT2D eigenvalue weighted by Crippen LogP contribution is -2.67. The molecular formula is C15H28N4O3. The minimum atomic E-state index is -0.651. The van der Waals surface area contributed by atoms with Crippen molar-refractivity contribution in [3.63, 3.8) is 0 Å². The SMILES string of the molecule is CC(=O)NCCNC(=O)C(=O)N1C(C)(C)CC(N)CC1(C)C. The summed E-state index contributed by atoms with van der Waals surface area (Å²) in [4.78, 5) is 37.0. The topological polar surface area (TPSA) is 105 Å². The van der Waals surface area contributed by atoms with Crippen molar-refractivity contribution in [2.75, 3.05) is 13.1 Å². The fraction of sp³-hybridized carbons (Fsp3) is 0.800. The summed E-state index contributed by atoms with van der Waals surface area (Å²) in [5, 5.41) is 5.11. The number of amides is 3. The van der Waals surface area contributed by atoms with E-state index in [4.69, 9.17) is 5.73 Å². The first kappa shape index (κ1) is 18.4. The quantitative estimate of drug-likeness (QED) is 0.493. The van der Waals surface area contributed by atoms with E-state index in [1.807, 2.05) is 27.7 Å². The molecule has 4 N–H and O–H groups in total. The maximum Gasteiger partial charge on any atom is 0.312 e. The molecule has 0 atom stereocenters. The van der Waals surface area contributed by atoms with Gasteiger partial charge in [-0.2, -0.15) is 0 Å². The number of rotatable bonds is 3. The van der Waals surface area contributed by atoms with Gasteiger partial charge in [0.2, 0.25) is 5.91 Å². The Morgan fingerprint density at radius 1 is 1.05 bits per heavy atom. The molecule has 0 aromatic carbocycles. The minimum absolute atomic E-state index is 0.0110. The molecule has 1 saturated heterocycles. The van der Waals surface area contributed by atoms with E-state index in [1.165, 1.54) is 6.92 Å². The molecule has 22 heavy (non-hydrogen) atoms. The number of hydrogen-bond donors (Lipinski definition) is 3. The minimum Gasteiger partial charge on any atom is -0.355 e. The maximum atomic E-state index is 12.5. The number of piperidine rings is 1. The summed E-state index contributed by atoms with van der Waals surface area (Å²) in [7, 11) is 0. The first-order valence-corrected chi connectivity index (χ1v) is 7.60. The summed E-state index contributed by atoms with van der Waals surface area (Å²) in [5.74, 6) is -1.38. The zero-order chi connectivity index (χ0) is 17.1. The maximum absolute atomic E-state index is 12.5. The molecule has 0 bridgehead atoms. The standard InChI is InChI=1S/C15H28N4O3/c1-10(20)17-6-7-18-12(21)13(22)19-14(2,3)8-11(16)9-15(19,4)5/h11H,6-9,16H2,1-5H3,(H,17,20)(H,18,21). The summed E-state index contributed by atoms with van der Waals surface area (Å²) in [5.41, 5.74) is 5.11. The van der Waals surface area contributed by atoms with Crippen molar-refractivity contribution in [2.45, 2.75) is 64.6 Å². The molecule has 1 aliphatic rings. The van der Waals surface area contributed by atoms with Crippen LogP contribution in [0.4, 0.5) is 0 Å². The van der Waals surface area contributed by atoms with Gasteiger partial charge < -0.3 is 21.3 Å². The fourth-order valence-electron chi connectivity index (χ4n) is 3.50. The molecule has 0 aliphatic carbocycles. The number of hydrogen-bond acceptors (Lipinski definition) is 4. The van der Waals surface area contributed by atoms with Crippen molar-refractivity contribution < 1.29 is 14.4 Å². The first-order valence-electron chi connectivity index (χ1n) is 7.60. The van der Waals surface area contributed by atoms with E-state index in [0.717, 1.165) is 0 Å². The largest absolute Gasteiger partial charge is 0.355 e. The highest BCUT2D eigenvalue weighted by molar-refractivity contribution is 6.35. The van der Waals surface area contributed by atoms with Crippen LogP contribution in [-0.4, -0.2) is 52.8 Å². The van der Waals surface area contributed by atoms with Gasteiger partial charge in [-0.25, -0.2) is 0 Å². The Morgan fingerprint density at radius 2 is 1.50 bits per heavy atom. The lowest BCUT2D eigenvalue weighted by molar-refractivity contribution is -0.159. The van der Waals surface area contributed by atoms with Crippen LogP contribution < -0.4 is 16.4 Å². The van der Waals surface area contributed by atoms with Gasteiger partial charge in [-0.1, -0.05) is 0 Å². The Hall–Kier alpha value is -1.63. The molecule has 0 saturated carbocycles. The van der Waals surface area contributed by atoms with Crippen LogP contribution in [0, 0.1) is 0 Å². The highest BCUT2D eigenvalue weighted by Crippen LogP contribution is 2.37. The summed E-state index contributed by atoms with van der Waals surface area (Å²) in [6, 6.07) is 0.0110. The Kier molecular flexibility index (Phi) is 5.56. The molecule has 1 rings (SSSR count). The van der Waals surface area contributed by atoms with Crippen molar-refractivity contribution in [3.05, 3.63) is 0 Å². The van der Waals surface area contributed by atoms with E-state index in [2.05, 4.69) is 10.6 Å². The number of nitrogens with two attached hydrogens (primary N) is 1. The molecule has 3 amide bonds. The first-order chi connectivity index (χ1) is 9.97. The van der Waals surface area contributed by atoms with Crippen LogP contribution in [0.15, 0.2) is 0 Å². The van der Waals surface area contributed by atoms with E-state index in [0.29, 0.717) is 19.4 Å². The van der Waals surface area contributed by atoms with Crippen LogP contribution in [0.2, 0.25) is 0 Å². The second kappa shape index (κ2) is 6.64. The highest BCUT2D eigenvalue weighted by Gasteiger charge is 2.48. The fourth-order valence-corrected chi connectivity index (χ4v) is 3.50. The monoisotopic (exact) mass is 312 g/mol. The molecule has 1 fully saturated rings. The molecule has 0 aromatic rings. The number of carbonyl (C=O) groups is 3. The zero-order valence-electron chi connectivity index (χ0n) is 14.2. The van der Waals surface area contributed by atoms with Gasteiger partial charge in [-0.05, 0) is 40.5 Å². The lowest BCUT2D eigenvalue weighted by Gasteiger charge is -2.54. The molecule has 1 aliphatic heterocycles. The van der Waals surface area contributed by atoms with Crippen molar-refractivity contribution >= 4 is 17.7 Å². The highest BCUT2D eigenvalue weighted by atomic mass is 16.2. The smallest absolute Gasteiger partial charge is 0.312 e. The van der Waals surface area contributed by atoms with E-state index in [9.17, 15) is 14.4 Å². The van der Waals surface area contributed by atoms with E-state index >= 15 is 0 Å². The summed E-state index contributed by atoms with van der Waals surface area (Å²) < 4.78 is 0. The van der Waals surface area contributed by atoms with Crippen LogP contribution >= 0.6 is 0 Å².